The van der Waals surface area contributed by atoms with Crippen LogP contribution < -0.4 is 5.32 Å². The van der Waals surface area contributed by atoms with E-state index >= 15 is 0 Å². The van der Waals surface area contributed by atoms with Crippen molar-refractivity contribution in [3.05, 3.63) is 33.6 Å². The molecule has 0 unspecified atom stereocenters. The van der Waals surface area contributed by atoms with Crippen molar-refractivity contribution in [2.24, 2.45) is 0 Å². The van der Waals surface area contributed by atoms with Gasteiger partial charge in [-0.15, -0.1) is 11.3 Å². The summed E-state index contributed by atoms with van der Waals surface area (Å²) < 4.78 is 25.2. The Morgan fingerprint density at radius 3 is 2.86 bits per heavy atom. The molecule has 0 aromatic carbocycles. The summed E-state index contributed by atoms with van der Waals surface area (Å²) in [7, 11) is -3.00. The molecule has 1 amide bonds. The lowest BCUT2D eigenvalue weighted by Gasteiger charge is -2.13. The highest BCUT2D eigenvalue weighted by atomic mass is 35.5. The summed E-state index contributed by atoms with van der Waals surface area (Å²) in [5.74, 6) is 0.425. The van der Waals surface area contributed by atoms with Crippen molar-refractivity contribution in [1.29, 1.82) is 0 Å². The molecule has 0 spiro atoms. The summed E-state index contributed by atoms with van der Waals surface area (Å²) in [5.41, 5.74) is 0. The molecule has 6 nitrogen and oxygen atoms in total. The highest BCUT2D eigenvalue weighted by Crippen LogP contribution is 2.27. The van der Waals surface area contributed by atoms with Crippen LogP contribution >= 0.6 is 22.9 Å². The third-order valence-electron chi connectivity index (χ3n) is 3.26. The molecule has 0 bridgehead atoms. The molecule has 9 heteroatoms. The van der Waals surface area contributed by atoms with Crippen molar-refractivity contribution in [1.82, 2.24) is 9.78 Å². The zero-order valence-corrected chi connectivity index (χ0v) is 13.2. The molecule has 1 fully saturated rings. The zero-order valence-electron chi connectivity index (χ0n) is 10.8. The van der Waals surface area contributed by atoms with Gasteiger partial charge in [-0.05, 0) is 18.6 Å². The fraction of sp³-hybridized carbons (Fsp3) is 0.333. The number of aromatic nitrogens is 2. The van der Waals surface area contributed by atoms with Crippen molar-refractivity contribution >= 4 is 44.5 Å². The predicted molar refractivity (Wildman–Crippen MR) is 81.8 cm³/mol. The second-order valence-electron chi connectivity index (χ2n) is 4.78. The van der Waals surface area contributed by atoms with Gasteiger partial charge < -0.3 is 5.32 Å². The van der Waals surface area contributed by atoms with Gasteiger partial charge in [0.1, 0.15) is 5.82 Å². The minimum absolute atomic E-state index is 0.0579. The number of nitrogens with zero attached hydrogens (tertiary/aromatic N) is 2. The second kappa shape index (κ2) is 5.43. The molecule has 1 N–H and O–H groups in total. The molecule has 112 valence electrons. The van der Waals surface area contributed by atoms with Gasteiger partial charge in [-0.25, -0.2) is 13.1 Å². The number of carbonyl (C=O) groups is 1. The fourth-order valence-electron chi connectivity index (χ4n) is 2.29. The summed E-state index contributed by atoms with van der Waals surface area (Å²) in [4.78, 5) is 12.6. The highest BCUT2D eigenvalue weighted by molar-refractivity contribution is 7.91. The topological polar surface area (TPSA) is 81.1 Å². The Labute approximate surface area is 130 Å². The minimum Gasteiger partial charge on any atom is -0.306 e. The molecule has 0 radical (unpaired) electrons. The van der Waals surface area contributed by atoms with Gasteiger partial charge in [-0.3, -0.25) is 4.79 Å². The average molecular weight is 346 g/mol. The number of nitrogens with one attached hydrogen (secondary N) is 1. The van der Waals surface area contributed by atoms with Gasteiger partial charge >= 0.3 is 0 Å². The van der Waals surface area contributed by atoms with Gasteiger partial charge in [0.2, 0.25) is 0 Å². The van der Waals surface area contributed by atoms with Crippen molar-refractivity contribution in [2.75, 3.05) is 16.8 Å². The van der Waals surface area contributed by atoms with E-state index in [1.807, 2.05) is 0 Å². The van der Waals surface area contributed by atoms with Crippen LogP contribution in [0.15, 0.2) is 24.4 Å². The van der Waals surface area contributed by atoms with Crippen molar-refractivity contribution < 1.29 is 13.2 Å². The van der Waals surface area contributed by atoms with E-state index in [0.29, 0.717) is 21.5 Å². The van der Waals surface area contributed by atoms with E-state index in [0.717, 1.165) is 0 Å². The average Bonchev–Trinajstić information content (AvgIpc) is 3.09. The van der Waals surface area contributed by atoms with Crippen LogP contribution in [0.1, 0.15) is 22.1 Å². The van der Waals surface area contributed by atoms with Gasteiger partial charge in [0, 0.05) is 6.07 Å². The number of hydrogen-bond donors (Lipinski definition) is 1. The zero-order chi connectivity index (χ0) is 15.0. The van der Waals surface area contributed by atoms with E-state index in [1.165, 1.54) is 11.3 Å². The maximum Gasteiger partial charge on any atom is 0.266 e. The first-order chi connectivity index (χ1) is 9.94. The molecule has 1 atom stereocenters. The Hall–Kier alpha value is -1.38. The van der Waals surface area contributed by atoms with Crippen LogP contribution in [0.2, 0.25) is 4.34 Å². The lowest BCUT2D eigenvalue weighted by molar-refractivity contribution is 0.102. The standard InChI is InChI=1S/C12H12ClN3O3S2/c13-10-2-1-9(20-10)12(17)15-11-3-5-14-16(11)8-4-6-21(18,19)7-8/h1-3,5,8H,4,6-7H2,(H,15,17)/t8-/m0/s1. The third-order valence-corrected chi connectivity index (χ3v) is 6.24. The summed E-state index contributed by atoms with van der Waals surface area (Å²) >= 11 is 6.99. The van der Waals surface area contributed by atoms with Crippen LogP contribution in [0.3, 0.4) is 0 Å². The van der Waals surface area contributed by atoms with Gasteiger partial charge in [-0.1, -0.05) is 11.6 Å². The molecule has 3 heterocycles. The van der Waals surface area contributed by atoms with E-state index in [1.54, 1.807) is 29.1 Å². The molecule has 0 aliphatic carbocycles. The number of amides is 1. The van der Waals surface area contributed by atoms with Gasteiger partial charge in [-0.2, -0.15) is 5.10 Å². The third kappa shape index (κ3) is 3.12. The molecule has 2 aromatic heterocycles. The predicted octanol–water partition coefficient (Wildman–Crippen LogP) is 2.21. The van der Waals surface area contributed by atoms with Crippen molar-refractivity contribution in [2.45, 2.75) is 12.5 Å². The molecule has 3 rings (SSSR count). The normalized spacial score (nSPS) is 20.5. The Bertz CT molecular complexity index is 781. The van der Waals surface area contributed by atoms with Crippen LogP contribution in [-0.4, -0.2) is 35.6 Å². The molecular weight excluding hydrogens is 334 g/mol. The lowest BCUT2D eigenvalue weighted by atomic mass is 10.3. The van der Waals surface area contributed by atoms with Gasteiger partial charge in [0.05, 0.1) is 33.0 Å². The molecule has 0 saturated carbocycles. The van der Waals surface area contributed by atoms with E-state index in [9.17, 15) is 13.2 Å². The number of rotatable bonds is 3. The number of hydrogen-bond acceptors (Lipinski definition) is 5. The largest absolute Gasteiger partial charge is 0.306 e. The minimum atomic E-state index is -3.00. The van der Waals surface area contributed by atoms with Crippen LogP contribution in [0.25, 0.3) is 0 Å². The summed E-state index contributed by atoms with van der Waals surface area (Å²) in [6, 6.07) is 4.72. The summed E-state index contributed by atoms with van der Waals surface area (Å²) in [6.45, 7) is 0. The van der Waals surface area contributed by atoms with Crippen LogP contribution in [-0.2, 0) is 9.84 Å². The first kappa shape index (κ1) is 14.6. The molecule has 1 aliphatic heterocycles. The van der Waals surface area contributed by atoms with Crippen molar-refractivity contribution in [3.8, 4) is 0 Å². The number of sulfone groups is 1. The van der Waals surface area contributed by atoms with Crippen LogP contribution in [0, 0.1) is 0 Å². The van der Waals surface area contributed by atoms with Crippen LogP contribution in [0.5, 0.6) is 0 Å². The number of carbonyl (C=O) groups excluding carboxylic acids is 1. The first-order valence-corrected chi connectivity index (χ1v) is 9.27. The van der Waals surface area contributed by atoms with E-state index < -0.39 is 9.84 Å². The molecule has 21 heavy (non-hydrogen) atoms. The van der Waals surface area contributed by atoms with Crippen LogP contribution in [0.4, 0.5) is 5.82 Å². The van der Waals surface area contributed by atoms with Crippen molar-refractivity contribution in [3.63, 3.8) is 0 Å². The number of halogens is 1. The molecule has 2 aromatic rings. The van der Waals surface area contributed by atoms with Gasteiger partial charge in [0.15, 0.2) is 9.84 Å². The quantitative estimate of drug-likeness (QED) is 0.924. The maximum absolute atomic E-state index is 12.1. The lowest BCUT2D eigenvalue weighted by Crippen LogP contribution is -2.19. The monoisotopic (exact) mass is 345 g/mol. The maximum atomic E-state index is 12.1. The number of thiophene rings is 1. The SMILES string of the molecule is O=C(Nc1ccnn1[C@H]1CCS(=O)(=O)C1)c1ccc(Cl)s1. The Kier molecular flexibility index (Phi) is 3.76. The van der Waals surface area contributed by atoms with Gasteiger partial charge in [0.25, 0.3) is 5.91 Å². The Morgan fingerprint density at radius 2 is 2.24 bits per heavy atom. The first-order valence-electron chi connectivity index (χ1n) is 6.25. The Morgan fingerprint density at radius 1 is 1.43 bits per heavy atom. The summed E-state index contributed by atoms with van der Waals surface area (Å²) in [6.07, 6.45) is 2.06. The van der Waals surface area contributed by atoms with E-state index in [4.69, 9.17) is 11.6 Å². The summed E-state index contributed by atoms with van der Waals surface area (Å²) in [5, 5.41) is 6.87. The molecular formula is C12H12ClN3O3S2. The molecule has 1 saturated heterocycles. The Balaban J connectivity index is 1.78. The second-order valence-corrected chi connectivity index (χ2v) is 8.72. The highest BCUT2D eigenvalue weighted by Gasteiger charge is 2.31. The van der Waals surface area contributed by atoms with E-state index in [2.05, 4.69) is 10.4 Å². The van der Waals surface area contributed by atoms with E-state index in [-0.39, 0.29) is 23.5 Å². The smallest absolute Gasteiger partial charge is 0.266 e. The fourth-order valence-corrected chi connectivity index (χ4v) is 4.92. The number of anilines is 1. The molecule has 1 aliphatic rings.